The Hall–Kier alpha value is -8.55. The molecule has 2 aromatic heterocycles. The van der Waals surface area contributed by atoms with Gasteiger partial charge >= 0.3 is 11.9 Å². The molecule has 81 heavy (non-hydrogen) atoms. The number of aromatic nitrogens is 2. The SMILES string of the molecule is CC[C@@]1(O)C(=O)OCc2c1cc1n(c2=O)Cc2c-1nc1cc(F)c(C)c3c1c2[C@@H](NC(=O)[C@@H](OCNC(=O)CNC(=O)[C@@H](CCC(=O)CNC(=O)CNC(=O)[C@H](CNCC(=O)O)N1C(=O)C=CC1=O)Cc1ccccc1)C1CC1)CC3. The van der Waals surface area contributed by atoms with E-state index in [0.29, 0.717) is 69.6 Å². The lowest BCUT2D eigenvalue weighted by molar-refractivity contribution is -0.172. The van der Waals surface area contributed by atoms with Gasteiger partial charge in [0.05, 0.1) is 61.2 Å². The molecule has 5 aliphatic rings. The van der Waals surface area contributed by atoms with Crippen LogP contribution in [0.2, 0.25) is 0 Å². The molecule has 0 spiro atoms. The Balaban J connectivity index is 0.789. The maximum Gasteiger partial charge on any atom is 0.343 e. The number of fused-ring (bicyclic) bond motifs is 5. The summed E-state index contributed by atoms with van der Waals surface area (Å²) in [5, 5.41) is 36.5. The number of esters is 1. The summed E-state index contributed by atoms with van der Waals surface area (Å²) in [6.07, 6.45) is 3.05. The zero-order valence-corrected chi connectivity index (χ0v) is 44.3. The first-order valence-corrected chi connectivity index (χ1v) is 26.6. The average molecular weight is 1120 g/mol. The maximum absolute atomic E-state index is 15.5. The van der Waals surface area contributed by atoms with Crippen LogP contribution >= 0.6 is 0 Å². The van der Waals surface area contributed by atoms with E-state index in [1.165, 1.54) is 10.6 Å². The first kappa shape index (κ1) is 57.1. The fourth-order valence-electron chi connectivity index (χ4n) is 10.9. The number of pyridine rings is 2. The van der Waals surface area contributed by atoms with E-state index in [-0.39, 0.29) is 62.6 Å². The Labute approximate surface area is 461 Å². The lowest BCUT2D eigenvalue weighted by Crippen LogP contribution is -2.55. The molecule has 5 heterocycles. The lowest BCUT2D eigenvalue weighted by atomic mass is 9.81. The number of nitrogens with zero attached hydrogens (tertiary/aromatic N) is 3. The number of rotatable bonds is 25. The molecule has 4 aromatic rings. The maximum atomic E-state index is 15.5. The van der Waals surface area contributed by atoms with Gasteiger partial charge in [-0.05, 0) is 86.1 Å². The molecule has 0 radical (unpaired) electrons. The van der Waals surface area contributed by atoms with E-state index in [4.69, 9.17) is 19.6 Å². The van der Waals surface area contributed by atoms with Gasteiger partial charge in [-0.1, -0.05) is 37.3 Å². The van der Waals surface area contributed by atoms with E-state index in [1.54, 1.807) is 50.2 Å². The molecule has 1 fully saturated rings. The molecule has 9 rings (SSSR count). The molecule has 0 unspecified atom stereocenters. The molecule has 8 N–H and O–H groups in total. The zero-order chi connectivity index (χ0) is 57.9. The minimum absolute atomic E-state index is 0.0249. The summed E-state index contributed by atoms with van der Waals surface area (Å²) < 4.78 is 28.3. The number of carboxylic acids is 1. The highest BCUT2D eigenvalue weighted by Crippen LogP contribution is 2.46. The van der Waals surface area contributed by atoms with Gasteiger partial charge in [-0.2, -0.15) is 0 Å². The van der Waals surface area contributed by atoms with Crippen LogP contribution in [0.25, 0.3) is 22.3 Å². The van der Waals surface area contributed by atoms with Crippen LogP contribution in [0, 0.1) is 24.6 Å². The number of aliphatic carboxylic acids is 1. The topological polar surface area (TPSA) is 340 Å². The van der Waals surface area contributed by atoms with Crippen LogP contribution in [-0.4, -0.2) is 135 Å². The highest BCUT2D eigenvalue weighted by molar-refractivity contribution is 6.15. The molecule has 0 saturated heterocycles. The first-order valence-electron chi connectivity index (χ1n) is 26.6. The summed E-state index contributed by atoms with van der Waals surface area (Å²) in [7, 11) is 0. The number of carbonyl (C=O) groups is 10. The summed E-state index contributed by atoms with van der Waals surface area (Å²) in [6, 6.07) is 9.74. The number of benzene rings is 2. The van der Waals surface area contributed by atoms with Crippen molar-refractivity contribution in [1.82, 2.24) is 46.4 Å². The number of carbonyl (C=O) groups excluding carboxylic acids is 9. The van der Waals surface area contributed by atoms with Crippen molar-refractivity contribution in [3.05, 3.63) is 110 Å². The van der Waals surface area contributed by atoms with Crippen LogP contribution in [0.15, 0.2) is 59.4 Å². The van der Waals surface area contributed by atoms with Crippen LogP contribution in [0.1, 0.15) is 90.4 Å². The average Bonchev–Trinajstić information content (AvgIpc) is 3.37. The fraction of sp³-hybridized carbons (Fsp3) is 0.429. The molecule has 7 amide bonds. The number of carboxylic acid groups (broad SMARTS) is 1. The highest BCUT2D eigenvalue weighted by Gasteiger charge is 2.47. The highest BCUT2D eigenvalue weighted by atomic mass is 19.1. The van der Waals surface area contributed by atoms with Crippen LogP contribution in [0.3, 0.4) is 0 Å². The number of ether oxygens (including phenoxy) is 2. The van der Waals surface area contributed by atoms with Crippen LogP contribution in [0.5, 0.6) is 0 Å². The third kappa shape index (κ3) is 12.1. The molecule has 426 valence electrons. The predicted molar refractivity (Wildman–Crippen MR) is 281 cm³/mol. The zero-order valence-electron chi connectivity index (χ0n) is 44.3. The Kier molecular flexibility index (Phi) is 17.0. The number of halogens is 1. The minimum Gasteiger partial charge on any atom is -0.480 e. The van der Waals surface area contributed by atoms with E-state index in [9.17, 15) is 57.8 Å². The van der Waals surface area contributed by atoms with Gasteiger partial charge < -0.3 is 56.2 Å². The standard InChI is InChI=1S/C56H60FN9O15/c1-3-56(79)36-18-40-49-34(25-65(40)54(77)35(36)26-80-55(56)78)48-38(14-13-33-28(2)37(57)19-39(63-49)47(33)48)64-53(76)50(30-9-10-30)81-27-62-43(69)23-60-51(74)31(17-29-7-5-4-6-8-29)11-12-32(67)20-59-42(68)22-61-52(75)41(21-58-24-46(72)73)66-44(70)15-16-45(66)71/h4-8,15-16,18-19,30-31,38,41,50,58,79H,3,9-14,17,20-27H2,1-2H3,(H,59,68)(H,60,74)(H,61,75)(H,62,69)(H,64,76)(H,72,73)/t31-,38-,41-,50-,56-/m0/s1. The predicted octanol–water partition coefficient (Wildman–Crippen LogP) is 0.0241. The normalized spacial score (nSPS) is 18.7. The van der Waals surface area contributed by atoms with Gasteiger partial charge in [0.15, 0.2) is 11.4 Å². The molecule has 24 nitrogen and oxygen atoms in total. The number of aliphatic hydroxyl groups is 1. The van der Waals surface area contributed by atoms with Crippen LogP contribution in [0.4, 0.5) is 4.39 Å². The molecule has 25 heteroatoms. The number of aryl methyl sites for hydroxylation is 1. The number of nitrogens with one attached hydrogen (secondary N) is 6. The third-order valence-corrected chi connectivity index (χ3v) is 15.4. The largest absolute Gasteiger partial charge is 0.480 e. The van der Waals surface area contributed by atoms with Crippen molar-refractivity contribution < 1.29 is 72.0 Å². The van der Waals surface area contributed by atoms with Crippen molar-refractivity contribution in [2.45, 2.75) is 102 Å². The van der Waals surface area contributed by atoms with E-state index >= 15 is 4.39 Å². The molecule has 0 bridgehead atoms. The number of amides is 7. The van der Waals surface area contributed by atoms with Gasteiger partial charge in [0.25, 0.3) is 17.4 Å². The summed E-state index contributed by atoms with van der Waals surface area (Å²) in [6.45, 7) is 0.0406. The van der Waals surface area contributed by atoms with Crippen molar-refractivity contribution in [3.63, 3.8) is 0 Å². The Morgan fingerprint density at radius 3 is 2.26 bits per heavy atom. The van der Waals surface area contributed by atoms with Crippen molar-refractivity contribution in [1.29, 1.82) is 0 Å². The van der Waals surface area contributed by atoms with Crippen molar-refractivity contribution in [2.75, 3.05) is 39.5 Å². The molecular formula is C56H60FN9O15. The Morgan fingerprint density at radius 1 is 0.864 bits per heavy atom. The van der Waals surface area contributed by atoms with E-state index in [0.717, 1.165) is 23.3 Å². The smallest absolute Gasteiger partial charge is 0.343 e. The first-order chi connectivity index (χ1) is 38.8. The number of Topliss-reactive ketones (excluding diaryl/α,β-unsaturated/α-hetero) is 1. The van der Waals surface area contributed by atoms with Gasteiger partial charge in [-0.3, -0.25) is 52.8 Å². The third-order valence-electron chi connectivity index (χ3n) is 15.4. The minimum atomic E-state index is -2.06. The number of hydrogen-bond acceptors (Lipinski definition) is 16. The van der Waals surface area contributed by atoms with Gasteiger partial charge in [0.1, 0.15) is 31.3 Å². The van der Waals surface area contributed by atoms with Crippen molar-refractivity contribution >= 4 is 70.0 Å². The Morgan fingerprint density at radius 2 is 1.57 bits per heavy atom. The fourth-order valence-corrected chi connectivity index (χ4v) is 10.9. The summed E-state index contributed by atoms with van der Waals surface area (Å²) in [5.41, 5.74) is 1.97. The lowest BCUT2D eigenvalue weighted by Gasteiger charge is -2.31. The molecule has 1 saturated carbocycles. The molecule has 5 atom stereocenters. The van der Waals surface area contributed by atoms with E-state index in [1.807, 2.05) is 0 Å². The van der Waals surface area contributed by atoms with Gasteiger partial charge in [-0.15, -0.1) is 0 Å². The van der Waals surface area contributed by atoms with E-state index in [2.05, 4.69) is 31.9 Å². The Bertz CT molecular complexity index is 3360. The number of ketones is 1. The number of imide groups is 1. The van der Waals surface area contributed by atoms with Crippen LogP contribution < -0.4 is 37.5 Å². The molecule has 2 aromatic carbocycles. The number of cyclic esters (lactones) is 1. The van der Waals surface area contributed by atoms with Gasteiger partial charge in [-0.25, -0.2) is 14.2 Å². The van der Waals surface area contributed by atoms with Crippen molar-refractivity contribution in [2.24, 2.45) is 11.8 Å². The molecular weight excluding hydrogens is 1060 g/mol. The number of hydrogen-bond donors (Lipinski definition) is 8. The monoisotopic (exact) mass is 1120 g/mol. The second-order valence-electron chi connectivity index (χ2n) is 20.7. The summed E-state index contributed by atoms with van der Waals surface area (Å²) >= 11 is 0. The van der Waals surface area contributed by atoms with Gasteiger partial charge in [0, 0.05) is 53.6 Å². The quantitative estimate of drug-likeness (QED) is 0.0217. The second-order valence-corrected chi connectivity index (χ2v) is 20.7. The summed E-state index contributed by atoms with van der Waals surface area (Å²) in [4.78, 5) is 148. The molecule has 2 aliphatic carbocycles. The van der Waals surface area contributed by atoms with Crippen molar-refractivity contribution in [3.8, 4) is 11.4 Å². The molecule has 3 aliphatic heterocycles. The van der Waals surface area contributed by atoms with Crippen LogP contribution in [-0.2, 0) is 89.0 Å². The van der Waals surface area contributed by atoms with Gasteiger partial charge in [0.2, 0.25) is 29.5 Å². The second kappa shape index (κ2) is 24.0. The summed E-state index contributed by atoms with van der Waals surface area (Å²) in [5.74, 6) is -8.96. The van der Waals surface area contributed by atoms with E-state index < -0.39 is 133 Å².